The molecule has 0 radical (unpaired) electrons. The molecule has 0 saturated carbocycles. The first-order valence-electron chi connectivity index (χ1n) is 11.6. The topological polar surface area (TPSA) is 79.4 Å². The summed E-state index contributed by atoms with van der Waals surface area (Å²) in [5.41, 5.74) is 1.13. The molecule has 1 aromatic carbocycles. The highest BCUT2D eigenvalue weighted by Gasteiger charge is 2.44. The van der Waals surface area contributed by atoms with Crippen LogP contribution in [0.15, 0.2) is 30.3 Å². The summed E-state index contributed by atoms with van der Waals surface area (Å²) in [5.74, 6) is -0.852. The quantitative estimate of drug-likeness (QED) is 0.567. The maximum atomic E-state index is 13.7. The van der Waals surface area contributed by atoms with Crippen LogP contribution in [0.3, 0.4) is 0 Å². The fraction of sp³-hybridized carbons (Fsp3) is 0.625. The number of aryl methyl sites for hydroxylation is 1. The molecule has 176 valence electrons. The van der Waals surface area contributed by atoms with Gasteiger partial charge in [0.15, 0.2) is 0 Å². The van der Waals surface area contributed by atoms with Crippen molar-refractivity contribution < 1.29 is 23.9 Å². The molecule has 32 heavy (non-hydrogen) atoms. The van der Waals surface area contributed by atoms with Crippen LogP contribution in [0.4, 0.5) is 0 Å². The fourth-order valence-electron chi connectivity index (χ4n) is 4.77. The van der Waals surface area contributed by atoms with Gasteiger partial charge in [-0.1, -0.05) is 30.3 Å². The number of carbonyl (C=O) groups is 3. The number of hydrogen-bond acceptors (Lipinski definition) is 7. The number of amides is 1. The molecule has 0 spiro atoms. The van der Waals surface area contributed by atoms with Crippen LogP contribution in [0, 0.1) is 0 Å². The molecule has 1 amide bonds. The minimum absolute atomic E-state index is 0.144. The molecule has 2 fully saturated rings. The Morgan fingerprint density at radius 2 is 1.84 bits per heavy atom. The summed E-state index contributed by atoms with van der Waals surface area (Å²) in [6.45, 7) is 3.52. The van der Waals surface area contributed by atoms with Gasteiger partial charge in [-0.3, -0.25) is 19.5 Å². The standard InChI is InChI=1S/C24H35N3O5/c1-4-32-24(30)20(15-14-18-10-6-5-7-11-18)25(2)19-12-8-16-26-17-9-13-21(23(29)31-3)27(26)22(19)28/h5-7,10-11,19-21H,4,8-9,12-17H2,1-3H3/t19-,20-,21?/m1/s1. The first kappa shape index (κ1) is 24.2. The molecule has 8 heteroatoms. The van der Waals surface area contributed by atoms with E-state index in [2.05, 4.69) is 0 Å². The number of hydrogen-bond donors (Lipinski definition) is 0. The zero-order valence-corrected chi connectivity index (χ0v) is 19.4. The molecule has 2 heterocycles. The molecule has 2 aliphatic rings. The van der Waals surface area contributed by atoms with E-state index in [4.69, 9.17) is 9.47 Å². The highest BCUT2D eigenvalue weighted by molar-refractivity contribution is 5.88. The van der Waals surface area contributed by atoms with Crippen molar-refractivity contribution in [2.24, 2.45) is 0 Å². The Balaban J connectivity index is 1.81. The van der Waals surface area contributed by atoms with Crippen molar-refractivity contribution in [3.8, 4) is 0 Å². The Labute approximate surface area is 190 Å². The number of benzene rings is 1. The molecule has 1 aromatic rings. The number of ether oxygens (including phenoxy) is 2. The number of methoxy groups -OCH3 is 1. The summed E-state index contributed by atoms with van der Waals surface area (Å²) in [6, 6.07) is 8.33. The van der Waals surface area contributed by atoms with Crippen LogP contribution in [0.1, 0.15) is 44.6 Å². The van der Waals surface area contributed by atoms with Gasteiger partial charge < -0.3 is 9.47 Å². The number of nitrogens with zero attached hydrogens (tertiary/aromatic N) is 3. The third-order valence-electron chi connectivity index (χ3n) is 6.46. The van der Waals surface area contributed by atoms with Crippen LogP contribution in [0.25, 0.3) is 0 Å². The number of fused-ring (bicyclic) bond motifs is 1. The van der Waals surface area contributed by atoms with E-state index in [0.717, 1.165) is 24.9 Å². The van der Waals surface area contributed by atoms with Crippen LogP contribution in [-0.4, -0.2) is 84.7 Å². The van der Waals surface area contributed by atoms with Crippen molar-refractivity contribution in [1.29, 1.82) is 0 Å². The van der Waals surface area contributed by atoms with E-state index < -0.39 is 24.1 Å². The smallest absolute Gasteiger partial charge is 0.330 e. The van der Waals surface area contributed by atoms with Crippen LogP contribution < -0.4 is 0 Å². The third kappa shape index (κ3) is 5.48. The number of hydrazine groups is 1. The molecule has 2 saturated heterocycles. The second-order valence-electron chi connectivity index (χ2n) is 8.43. The molecular weight excluding hydrogens is 410 g/mol. The summed E-state index contributed by atoms with van der Waals surface area (Å²) in [7, 11) is 3.18. The van der Waals surface area contributed by atoms with Crippen molar-refractivity contribution >= 4 is 17.8 Å². The molecule has 0 aliphatic carbocycles. The van der Waals surface area contributed by atoms with Gasteiger partial charge in [0.05, 0.1) is 19.8 Å². The summed E-state index contributed by atoms with van der Waals surface area (Å²) in [5, 5.41) is 3.58. The van der Waals surface area contributed by atoms with Gasteiger partial charge in [-0.15, -0.1) is 0 Å². The van der Waals surface area contributed by atoms with Crippen LogP contribution >= 0.6 is 0 Å². The van der Waals surface area contributed by atoms with Crippen molar-refractivity contribution in [3.63, 3.8) is 0 Å². The SMILES string of the molecule is CCOC(=O)[C@@H](CCc1ccccc1)N(C)[C@@H]1CCCN2CCCC(C(=O)OC)N2C1=O. The Morgan fingerprint density at radius 1 is 1.16 bits per heavy atom. The van der Waals surface area contributed by atoms with Crippen molar-refractivity contribution in [3.05, 3.63) is 35.9 Å². The average Bonchev–Trinajstić information content (AvgIpc) is 2.98. The Hall–Kier alpha value is -2.45. The molecule has 0 aromatic heterocycles. The molecule has 0 N–H and O–H groups in total. The second kappa shape index (κ2) is 11.4. The Morgan fingerprint density at radius 3 is 2.50 bits per heavy atom. The summed E-state index contributed by atoms with van der Waals surface area (Å²) < 4.78 is 10.3. The van der Waals surface area contributed by atoms with Gasteiger partial charge in [0.1, 0.15) is 12.1 Å². The van der Waals surface area contributed by atoms with E-state index in [-0.39, 0.29) is 18.5 Å². The zero-order valence-electron chi connectivity index (χ0n) is 19.4. The molecular formula is C24H35N3O5. The Bertz CT molecular complexity index is 787. The number of esters is 2. The average molecular weight is 446 g/mol. The second-order valence-corrected chi connectivity index (χ2v) is 8.43. The molecule has 8 nitrogen and oxygen atoms in total. The van der Waals surface area contributed by atoms with Gasteiger partial charge in [0.2, 0.25) is 0 Å². The van der Waals surface area contributed by atoms with Crippen molar-refractivity contribution in [1.82, 2.24) is 14.9 Å². The zero-order chi connectivity index (χ0) is 23.1. The van der Waals surface area contributed by atoms with Crippen molar-refractivity contribution in [2.45, 2.75) is 63.6 Å². The lowest BCUT2D eigenvalue weighted by atomic mass is 10.0. The van der Waals surface area contributed by atoms with E-state index in [1.165, 1.54) is 7.11 Å². The number of rotatable bonds is 8. The highest BCUT2D eigenvalue weighted by Crippen LogP contribution is 2.27. The fourth-order valence-corrected chi connectivity index (χ4v) is 4.77. The van der Waals surface area contributed by atoms with E-state index in [0.29, 0.717) is 32.2 Å². The first-order valence-corrected chi connectivity index (χ1v) is 11.6. The monoisotopic (exact) mass is 445 g/mol. The van der Waals surface area contributed by atoms with Gasteiger partial charge >= 0.3 is 11.9 Å². The molecule has 3 atom stereocenters. The first-order chi connectivity index (χ1) is 15.5. The molecule has 3 rings (SSSR count). The van der Waals surface area contributed by atoms with Crippen molar-refractivity contribution in [2.75, 3.05) is 33.9 Å². The van der Waals surface area contributed by atoms with Gasteiger partial charge in [-0.05, 0) is 58.1 Å². The van der Waals surface area contributed by atoms with Crippen LogP contribution in [0.5, 0.6) is 0 Å². The lowest BCUT2D eigenvalue weighted by Crippen LogP contribution is -2.62. The van der Waals surface area contributed by atoms with E-state index in [1.807, 2.05) is 47.3 Å². The maximum Gasteiger partial charge on any atom is 0.330 e. The highest BCUT2D eigenvalue weighted by atomic mass is 16.5. The van der Waals surface area contributed by atoms with Gasteiger partial charge in [-0.2, -0.15) is 0 Å². The third-order valence-corrected chi connectivity index (χ3v) is 6.46. The lowest BCUT2D eigenvalue weighted by molar-refractivity contribution is -0.178. The van der Waals surface area contributed by atoms with Gasteiger partial charge in [0, 0.05) is 13.1 Å². The summed E-state index contributed by atoms with van der Waals surface area (Å²) in [6.07, 6.45) is 4.10. The molecule has 0 bridgehead atoms. The van der Waals surface area contributed by atoms with E-state index >= 15 is 0 Å². The van der Waals surface area contributed by atoms with Gasteiger partial charge in [-0.25, -0.2) is 9.80 Å². The maximum absolute atomic E-state index is 13.7. The molecule has 2 aliphatic heterocycles. The van der Waals surface area contributed by atoms with Crippen LogP contribution in [-0.2, 0) is 30.3 Å². The van der Waals surface area contributed by atoms with E-state index in [9.17, 15) is 14.4 Å². The van der Waals surface area contributed by atoms with Crippen LogP contribution in [0.2, 0.25) is 0 Å². The van der Waals surface area contributed by atoms with Gasteiger partial charge in [0.25, 0.3) is 5.91 Å². The summed E-state index contributed by atoms with van der Waals surface area (Å²) in [4.78, 5) is 40.8. The minimum Gasteiger partial charge on any atom is -0.467 e. The predicted octanol–water partition coefficient (Wildman–Crippen LogP) is 2.03. The minimum atomic E-state index is -0.611. The predicted molar refractivity (Wildman–Crippen MR) is 119 cm³/mol. The lowest BCUT2D eigenvalue weighted by Gasteiger charge is -2.43. The number of carbonyl (C=O) groups excluding carboxylic acids is 3. The molecule has 1 unspecified atom stereocenters. The largest absolute Gasteiger partial charge is 0.467 e. The van der Waals surface area contributed by atoms with E-state index in [1.54, 1.807) is 11.9 Å². The normalized spacial score (nSPS) is 22.8. The summed E-state index contributed by atoms with van der Waals surface area (Å²) >= 11 is 0. The Kier molecular flexibility index (Phi) is 8.64. The number of likely N-dealkylation sites (N-methyl/N-ethyl adjacent to an activating group) is 1.